The molecule has 206 valence electrons. The molecule has 0 amide bonds. The lowest BCUT2D eigenvalue weighted by atomic mass is 9.78. The van der Waals surface area contributed by atoms with Crippen LogP contribution in [0.3, 0.4) is 0 Å². The largest absolute Gasteiger partial charge is 0.491 e. The van der Waals surface area contributed by atoms with Crippen LogP contribution in [0.15, 0.2) is 60.9 Å². The molecule has 3 aromatic rings. The monoisotopic (exact) mass is 531 g/mol. The van der Waals surface area contributed by atoms with Gasteiger partial charge in [-0.25, -0.2) is 0 Å². The van der Waals surface area contributed by atoms with Gasteiger partial charge in [0.05, 0.1) is 19.0 Å². The average molecular weight is 532 g/mol. The van der Waals surface area contributed by atoms with E-state index in [4.69, 9.17) is 14.2 Å². The van der Waals surface area contributed by atoms with Crippen molar-refractivity contribution in [3.63, 3.8) is 0 Å². The van der Waals surface area contributed by atoms with Gasteiger partial charge in [0.1, 0.15) is 31.3 Å². The number of nitrogens with zero attached hydrogens (tertiary/aromatic N) is 5. The van der Waals surface area contributed by atoms with E-state index in [0.717, 1.165) is 57.5 Å². The number of hydrogen-bond donors (Lipinski definition) is 0. The molecule has 1 aliphatic carbocycles. The van der Waals surface area contributed by atoms with Gasteiger partial charge in [-0.05, 0) is 61.2 Å². The lowest BCUT2D eigenvalue weighted by Crippen LogP contribution is -2.47. The third kappa shape index (κ3) is 5.94. The molecule has 2 aliphatic heterocycles. The van der Waals surface area contributed by atoms with Crippen LogP contribution in [0, 0.1) is 5.92 Å². The Labute approximate surface area is 229 Å². The van der Waals surface area contributed by atoms with E-state index in [1.54, 1.807) is 17.2 Å². The first kappa shape index (κ1) is 25.8. The number of piperazine rings is 1. The molecule has 3 aliphatic rings. The smallest absolute Gasteiger partial charge is 0.193 e. The van der Waals surface area contributed by atoms with Crippen LogP contribution in [-0.2, 0) is 27.2 Å². The predicted octanol–water partition coefficient (Wildman–Crippen LogP) is 3.73. The highest BCUT2D eigenvalue weighted by Crippen LogP contribution is 2.43. The molecule has 0 bridgehead atoms. The van der Waals surface area contributed by atoms with Gasteiger partial charge in [0.15, 0.2) is 5.79 Å². The Morgan fingerprint density at radius 1 is 0.923 bits per heavy atom. The second-order valence-electron chi connectivity index (χ2n) is 10.7. The van der Waals surface area contributed by atoms with Gasteiger partial charge in [0.25, 0.3) is 0 Å². The van der Waals surface area contributed by atoms with E-state index >= 15 is 0 Å². The molecule has 2 atom stereocenters. The molecule has 3 heterocycles. The minimum Gasteiger partial charge on any atom is -0.491 e. The molecule has 0 spiro atoms. The Morgan fingerprint density at radius 3 is 2.15 bits per heavy atom. The summed E-state index contributed by atoms with van der Waals surface area (Å²) in [6.07, 6.45) is 9.06. The maximum Gasteiger partial charge on any atom is 0.193 e. The van der Waals surface area contributed by atoms with Gasteiger partial charge in [-0.2, -0.15) is 15.0 Å². The van der Waals surface area contributed by atoms with Gasteiger partial charge in [0, 0.05) is 49.9 Å². The zero-order chi connectivity index (χ0) is 26.5. The standard InChI is InChI=1S/C30H37N5O4/c36-20-2-3-24-6-8-26(9-7-24)33-16-18-34(19-17-33)27-10-12-28(13-11-27)37-21-29-22-38-30(39-29,25-4-1-5-25)23-35-31-14-15-32-35/h6-15,20,25,29H,1-5,16-19,21-23H2. The SMILES string of the molecule is O=CCCc1ccc(N2CCN(c3ccc(OCC4COC(Cn5nccn5)(C5CCC5)O4)cc3)CC2)cc1. The molecule has 0 radical (unpaired) electrons. The predicted molar refractivity (Wildman–Crippen MR) is 148 cm³/mol. The number of hydrogen-bond acceptors (Lipinski definition) is 8. The summed E-state index contributed by atoms with van der Waals surface area (Å²) in [6, 6.07) is 17.0. The highest BCUT2D eigenvalue weighted by atomic mass is 16.8. The van der Waals surface area contributed by atoms with Crippen molar-refractivity contribution in [1.82, 2.24) is 15.0 Å². The van der Waals surface area contributed by atoms with Crippen molar-refractivity contribution >= 4 is 17.7 Å². The van der Waals surface area contributed by atoms with Gasteiger partial charge in [-0.1, -0.05) is 18.6 Å². The number of carbonyl (C=O) groups is 1. The average Bonchev–Trinajstić information content (AvgIpc) is 3.61. The van der Waals surface area contributed by atoms with Gasteiger partial charge < -0.3 is 28.8 Å². The number of carbonyl (C=O) groups excluding carboxylic acids is 1. The molecule has 0 N–H and O–H groups in total. The van der Waals surface area contributed by atoms with Crippen LogP contribution in [0.2, 0.25) is 0 Å². The number of aromatic nitrogens is 3. The second-order valence-corrected chi connectivity index (χ2v) is 10.7. The lowest BCUT2D eigenvalue weighted by Gasteiger charge is -2.40. The summed E-state index contributed by atoms with van der Waals surface area (Å²) in [5, 5.41) is 8.52. The summed E-state index contributed by atoms with van der Waals surface area (Å²) in [4.78, 5) is 17.1. The lowest BCUT2D eigenvalue weighted by molar-refractivity contribution is -0.233. The minimum absolute atomic E-state index is 0.118. The molecule has 39 heavy (non-hydrogen) atoms. The first-order valence-corrected chi connectivity index (χ1v) is 14.1. The molecule has 2 unspecified atom stereocenters. The van der Waals surface area contributed by atoms with E-state index in [9.17, 15) is 4.79 Å². The van der Waals surface area contributed by atoms with E-state index in [-0.39, 0.29) is 6.10 Å². The normalized spacial score (nSPS) is 23.5. The van der Waals surface area contributed by atoms with E-state index in [2.05, 4.69) is 56.4 Å². The highest BCUT2D eigenvalue weighted by molar-refractivity contribution is 5.54. The summed E-state index contributed by atoms with van der Waals surface area (Å²) in [5.41, 5.74) is 3.67. The van der Waals surface area contributed by atoms with Crippen molar-refractivity contribution in [1.29, 1.82) is 0 Å². The number of aryl methyl sites for hydroxylation is 1. The highest BCUT2D eigenvalue weighted by Gasteiger charge is 2.50. The number of anilines is 2. The van der Waals surface area contributed by atoms with Gasteiger partial charge in [-0.15, -0.1) is 0 Å². The van der Waals surface area contributed by atoms with Crippen LogP contribution in [0.25, 0.3) is 0 Å². The Bertz CT molecular complexity index is 1190. The van der Waals surface area contributed by atoms with Crippen molar-refractivity contribution < 1.29 is 19.0 Å². The number of rotatable bonds is 11. The van der Waals surface area contributed by atoms with Gasteiger partial charge in [-0.3, -0.25) is 0 Å². The summed E-state index contributed by atoms with van der Waals surface area (Å²) in [7, 11) is 0. The van der Waals surface area contributed by atoms with Crippen molar-refractivity contribution in [3.8, 4) is 5.75 Å². The van der Waals surface area contributed by atoms with Crippen molar-refractivity contribution in [2.75, 3.05) is 49.2 Å². The minimum atomic E-state index is -0.657. The fourth-order valence-electron chi connectivity index (χ4n) is 5.73. The molecule has 6 rings (SSSR count). The Kier molecular flexibility index (Phi) is 7.78. The molecule has 3 fully saturated rings. The van der Waals surface area contributed by atoms with Crippen LogP contribution in [0.4, 0.5) is 11.4 Å². The molecular formula is C30H37N5O4. The molecule has 9 heteroatoms. The van der Waals surface area contributed by atoms with E-state index < -0.39 is 5.79 Å². The zero-order valence-corrected chi connectivity index (χ0v) is 22.4. The Balaban J connectivity index is 0.977. The number of aldehydes is 1. The number of benzene rings is 2. The summed E-state index contributed by atoms with van der Waals surface area (Å²) < 4.78 is 18.8. The van der Waals surface area contributed by atoms with E-state index in [1.165, 1.54) is 23.4 Å². The maximum absolute atomic E-state index is 10.6. The van der Waals surface area contributed by atoms with Crippen molar-refractivity contribution in [2.45, 2.75) is 50.5 Å². The fraction of sp³-hybridized carbons (Fsp3) is 0.500. The zero-order valence-electron chi connectivity index (χ0n) is 22.4. The molecule has 1 saturated carbocycles. The number of ether oxygens (including phenoxy) is 3. The second kappa shape index (κ2) is 11.8. The van der Waals surface area contributed by atoms with Crippen LogP contribution in [-0.4, -0.2) is 72.6 Å². The van der Waals surface area contributed by atoms with Crippen molar-refractivity contribution in [2.24, 2.45) is 5.92 Å². The molecular weight excluding hydrogens is 494 g/mol. The Morgan fingerprint density at radius 2 is 1.56 bits per heavy atom. The van der Waals surface area contributed by atoms with Crippen LogP contribution < -0.4 is 14.5 Å². The first-order chi connectivity index (χ1) is 19.2. The maximum atomic E-state index is 10.6. The Hall–Kier alpha value is -3.43. The quantitative estimate of drug-likeness (QED) is 0.346. The van der Waals surface area contributed by atoms with Crippen molar-refractivity contribution in [3.05, 3.63) is 66.5 Å². The van der Waals surface area contributed by atoms with E-state index in [1.807, 2.05) is 12.1 Å². The summed E-state index contributed by atoms with van der Waals surface area (Å²) >= 11 is 0. The topological polar surface area (TPSA) is 82.0 Å². The fourth-order valence-corrected chi connectivity index (χ4v) is 5.73. The molecule has 9 nitrogen and oxygen atoms in total. The summed E-state index contributed by atoms with van der Waals surface area (Å²) in [5.74, 6) is 0.557. The van der Waals surface area contributed by atoms with Gasteiger partial charge >= 0.3 is 0 Å². The third-order valence-electron chi connectivity index (χ3n) is 8.21. The molecule has 1 aromatic heterocycles. The van der Waals surface area contributed by atoms with E-state index in [0.29, 0.717) is 32.1 Å². The van der Waals surface area contributed by atoms with Crippen LogP contribution >= 0.6 is 0 Å². The third-order valence-corrected chi connectivity index (χ3v) is 8.21. The van der Waals surface area contributed by atoms with Crippen LogP contribution in [0.1, 0.15) is 31.2 Å². The molecule has 2 saturated heterocycles. The molecule has 2 aromatic carbocycles. The first-order valence-electron chi connectivity index (χ1n) is 14.1. The summed E-state index contributed by atoms with van der Waals surface area (Å²) in [6.45, 7) is 5.36. The van der Waals surface area contributed by atoms with Gasteiger partial charge in [0.2, 0.25) is 0 Å². The van der Waals surface area contributed by atoms with Crippen LogP contribution in [0.5, 0.6) is 5.75 Å².